The second-order valence-electron chi connectivity index (χ2n) is 2.77. The van der Waals surface area contributed by atoms with E-state index in [-0.39, 0.29) is 0 Å². The van der Waals surface area contributed by atoms with Crippen LogP contribution in [0, 0.1) is 0 Å². The number of halogens is 2. The van der Waals surface area contributed by atoms with Gasteiger partial charge in [-0.25, -0.2) is 0 Å². The Balaban J connectivity index is 2.90. The summed E-state index contributed by atoms with van der Waals surface area (Å²) in [6.45, 7) is 2.65. The van der Waals surface area contributed by atoms with E-state index in [1.54, 1.807) is 19.2 Å². The smallest absolute Gasteiger partial charge is 0.139 e. The van der Waals surface area contributed by atoms with E-state index >= 15 is 0 Å². The molecule has 0 spiro atoms. The van der Waals surface area contributed by atoms with Crippen LogP contribution < -0.4 is 9.47 Å². The second-order valence-corrected chi connectivity index (χ2v) is 3.58. The Morgan fingerprint density at radius 2 is 1.71 bits per heavy atom. The Kier molecular flexibility index (Phi) is 4.36. The first-order valence-corrected chi connectivity index (χ1v) is 5.10. The zero-order chi connectivity index (χ0) is 10.6. The first kappa shape index (κ1) is 11.5. The molecule has 0 N–H and O–H groups in total. The molecule has 0 fully saturated rings. The van der Waals surface area contributed by atoms with E-state index in [0.29, 0.717) is 28.2 Å². The van der Waals surface area contributed by atoms with E-state index in [0.717, 1.165) is 6.42 Å². The summed E-state index contributed by atoms with van der Waals surface area (Å²) in [4.78, 5) is 0. The summed E-state index contributed by atoms with van der Waals surface area (Å²) in [6.07, 6.45) is 0.931. The molecule has 0 saturated carbocycles. The Hall–Kier alpha value is -0.600. The fourth-order valence-electron chi connectivity index (χ4n) is 0.989. The van der Waals surface area contributed by atoms with Gasteiger partial charge in [0.25, 0.3) is 0 Å². The highest BCUT2D eigenvalue weighted by Crippen LogP contribution is 2.35. The van der Waals surface area contributed by atoms with Gasteiger partial charge >= 0.3 is 0 Å². The lowest BCUT2D eigenvalue weighted by Crippen LogP contribution is -1.96. The van der Waals surface area contributed by atoms with Crippen molar-refractivity contribution >= 4 is 23.2 Å². The number of ether oxygens (including phenoxy) is 2. The number of hydrogen-bond donors (Lipinski definition) is 0. The number of benzene rings is 1. The summed E-state index contributed by atoms with van der Waals surface area (Å²) < 4.78 is 10.4. The first-order valence-electron chi connectivity index (χ1n) is 4.34. The molecule has 0 aromatic heterocycles. The highest BCUT2D eigenvalue weighted by atomic mass is 35.5. The molecular formula is C10H12Cl2O2. The Morgan fingerprint density at radius 1 is 1.14 bits per heavy atom. The topological polar surface area (TPSA) is 18.5 Å². The molecule has 0 amide bonds. The molecule has 0 atom stereocenters. The van der Waals surface area contributed by atoms with Crippen LogP contribution in [0.1, 0.15) is 13.3 Å². The summed E-state index contributed by atoms with van der Waals surface area (Å²) in [5.74, 6) is 1.15. The van der Waals surface area contributed by atoms with E-state index in [2.05, 4.69) is 0 Å². The highest BCUT2D eigenvalue weighted by Gasteiger charge is 2.08. The van der Waals surface area contributed by atoms with Crippen LogP contribution >= 0.6 is 23.2 Å². The van der Waals surface area contributed by atoms with Crippen LogP contribution in [0.5, 0.6) is 11.5 Å². The van der Waals surface area contributed by atoms with Crippen molar-refractivity contribution in [3.8, 4) is 11.5 Å². The quantitative estimate of drug-likeness (QED) is 0.790. The van der Waals surface area contributed by atoms with Crippen LogP contribution in [0.3, 0.4) is 0 Å². The van der Waals surface area contributed by atoms with Crippen molar-refractivity contribution in [2.24, 2.45) is 0 Å². The zero-order valence-electron chi connectivity index (χ0n) is 8.14. The molecule has 14 heavy (non-hydrogen) atoms. The summed E-state index contributed by atoms with van der Waals surface area (Å²) >= 11 is 11.9. The van der Waals surface area contributed by atoms with E-state index in [4.69, 9.17) is 32.7 Å². The summed E-state index contributed by atoms with van der Waals surface area (Å²) in [5.41, 5.74) is 0. The summed E-state index contributed by atoms with van der Waals surface area (Å²) in [6, 6.07) is 3.31. The van der Waals surface area contributed by atoms with Crippen LogP contribution in [0.15, 0.2) is 12.1 Å². The normalized spacial score (nSPS) is 10.0. The summed E-state index contributed by atoms with van der Waals surface area (Å²) in [5, 5.41) is 1.02. The summed E-state index contributed by atoms with van der Waals surface area (Å²) in [7, 11) is 1.55. The third kappa shape index (κ3) is 2.69. The van der Waals surface area contributed by atoms with Crippen molar-refractivity contribution in [2.75, 3.05) is 13.7 Å². The molecule has 0 radical (unpaired) electrons. The SMILES string of the molecule is CCCOc1cc(Cl)c(OC)cc1Cl. The van der Waals surface area contributed by atoms with Crippen LogP contribution in [0.25, 0.3) is 0 Å². The van der Waals surface area contributed by atoms with Gasteiger partial charge in [-0.1, -0.05) is 30.1 Å². The molecule has 4 heteroatoms. The standard InChI is InChI=1S/C10H12Cl2O2/c1-3-4-14-10-6-7(11)9(13-2)5-8(10)12/h5-6H,3-4H2,1-2H3. The van der Waals surface area contributed by atoms with Gasteiger partial charge in [0.05, 0.1) is 23.8 Å². The average molecular weight is 235 g/mol. The van der Waals surface area contributed by atoms with Gasteiger partial charge in [-0.3, -0.25) is 0 Å². The van der Waals surface area contributed by atoms with Gasteiger partial charge in [0, 0.05) is 12.1 Å². The van der Waals surface area contributed by atoms with Gasteiger partial charge in [0.1, 0.15) is 11.5 Å². The molecule has 0 aliphatic carbocycles. The number of hydrogen-bond acceptors (Lipinski definition) is 2. The lowest BCUT2D eigenvalue weighted by atomic mass is 10.3. The molecule has 0 heterocycles. The highest BCUT2D eigenvalue weighted by molar-refractivity contribution is 6.35. The van der Waals surface area contributed by atoms with E-state index in [1.807, 2.05) is 6.92 Å². The maximum Gasteiger partial charge on any atom is 0.139 e. The zero-order valence-corrected chi connectivity index (χ0v) is 9.65. The molecule has 0 bridgehead atoms. The Bertz CT molecular complexity index is 313. The van der Waals surface area contributed by atoms with Gasteiger partial charge in [0.2, 0.25) is 0 Å². The largest absolute Gasteiger partial charge is 0.495 e. The number of methoxy groups -OCH3 is 1. The molecule has 1 aromatic carbocycles. The van der Waals surface area contributed by atoms with Gasteiger partial charge in [-0.15, -0.1) is 0 Å². The van der Waals surface area contributed by atoms with E-state index in [9.17, 15) is 0 Å². The second kappa shape index (κ2) is 5.32. The van der Waals surface area contributed by atoms with Gasteiger partial charge < -0.3 is 9.47 Å². The molecule has 1 rings (SSSR count). The van der Waals surface area contributed by atoms with Crippen LogP contribution in [0.4, 0.5) is 0 Å². The molecule has 0 aliphatic heterocycles. The minimum Gasteiger partial charge on any atom is -0.495 e. The number of rotatable bonds is 4. The van der Waals surface area contributed by atoms with E-state index in [1.165, 1.54) is 0 Å². The molecule has 1 aromatic rings. The van der Waals surface area contributed by atoms with Crippen molar-refractivity contribution in [3.05, 3.63) is 22.2 Å². The first-order chi connectivity index (χ1) is 6.69. The van der Waals surface area contributed by atoms with Gasteiger partial charge in [0.15, 0.2) is 0 Å². The van der Waals surface area contributed by atoms with Gasteiger partial charge in [-0.05, 0) is 6.42 Å². The fraction of sp³-hybridized carbons (Fsp3) is 0.400. The van der Waals surface area contributed by atoms with Crippen molar-refractivity contribution in [1.82, 2.24) is 0 Å². The third-order valence-corrected chi connectivity index (χ3v) is 2.26. The van der Waals surface area contributed by atoms with Crippen molar-refractivity contribution in [3.63, 3.8) is 0 Å². The molecule has 2 nitrogen and oxygen atoms in total. The van der Waals surface area contributed by atoms with E-state index < -0.39 is 0 Å². The molecule has 78 valence electrons. The van der Waals surface area contributed by atoms with Crippen LogP contribution in [-0.2, 0) is 0 Å². The molecule has 0 unspecified atom stereocenters. The lowest BCUT2D eigenvalue weighted by Gasteiger charge is -2.09. The fourth-order valence-corrected chi connectivity index (χ4v) is 1.43. The maximum absolute atomic E-state index is 5.95. The van der Waals surface area contributed by atoms with Crippen molar-refractivity contribution in [2.45, 2.75) is 13.3 Å². The Morgan fingerprint density at radius 3 is 2.29 bits per heavy atom. The van der Waals surface area contributed by atoms with Crippen molar-refractivity contribution in [1.29, 1.82) is 0 Å². The maximum atomic E-state index is 5.95. The molecule has 0 aliphatic rings. The predicted molar refractivity (Wildman–Crippen MR) is 58.8 cm³/mol. The minimum absolute atomic E-state index is 0.503. The third-order valence-electron chi connectivity index (χ3n) is 1.67. The van der Waals surface area contributed by atoms with Gasteiger partial charge in [-0.2, -0.15) is 0 Å². The Labute approximate surface area is 93.7 Å². The molecular weight excluding hydrogens is 223 g/mol. The molecule has 0 saturated heterocycles. The van der Waals surface area contributed by atoms with Crippen molar-refractivity contribution < 1.29 is 9.47 Å². The lowest BCUT2D eigenvalue weighted by molar-refractivity contribution is 0.317. The predicted octanol–water partition coefficient (Wildman–Crippen LogP) is 3.79. The monoisotopic (exact) mass is 234 g/mol. The van der Waals surface area contributed by atoms with Crippen LogP contribution in [0.2, 0.25) is 10.0 Å². The van der Waals surface area contributed by atoms with Crippen LogP contribution in [-0.4, -0.2) is 13.7 Å². The average Bonchev–Trinajstić information content (AvgIpc) is 2.18. The minimum atomic E-state index is 0.503.